The lowest BCUT2D eigenvalue weighted by Crippen LogP contribution is -2.36. The Morgan fingerprint density at radius 2 is 1.92 bits per heavy atom. The molecule has 1 aromatic carbocycles. The number of hydrogen-bond donors (Lipinski definition) is 2. The van der Waals surface area contributed by atoms with E-state index in [1.54, 1.807) is 18.4 Å². The summed E-state index contributed by atoms with van der Waals surface area (Å²) in [6, 6.07) is 8.11. The molecule has 1 heterocycles. The van der Waals surface area contributed by atoms with Crippen molar-refractivity contribution in [2.45, 2.75) is 52.8 Å². The van der Waals surface area contributed by atoms with Crippen LogP contribution in [0.3, 0.4) is 0 Å². The topological polar surface area (TPSA) is 58.5 Å². The number of hydrogen-bond acceptors (Lipinski definition) is 4. The Morgan fingerprint density at radius 3 is 2.54 bits per heavy atom. The van der Waals surface area contributed by atoms with Gasteiger partial charge in [-0.1, -0.05) is 26.0 Å². The lowest BCUT2D eigenvalue weighted by molar-refractivity contribution is 0.242. The van der Waals surface area contributed by atoms with Gasteiger partial charge in [-0.2, -0.15) is 0 Å². The monoisotopic (exact) mass is 488 g/mol. The van der Waals surface area contributed by atoms with Crippen molar-refractivity contribution < 1.29 is 4.74 Å². The highest BCUT2D eigenvalue weighted by Gasteiger charge is 2.06. The van der Waals surface area contributed by atoms with Gasteiger partial charge in [0.05, 0.1) is 18.3 Å². The predicted molar refractivity (Wildman–Crippen MR) is 121 cm³/mol. The van der Waals surface area contributed by atoms with E-state index in [9.17, 15) is 0 Å². The Labute approximate surface area is 177 Å². The van der Waals surface area contributed by atoms with Crippen molar-refractivity contribution in [1.82, 2.24) is 15.6 Å². The molecule has 0 fully saturated rings. The summed E-state index contributed by atoms with van der Waals surface area (Å²) < 4.78 is 5.73. The minimum atomic E-state index is 0. The average molecular weight is 488 g/mol. The Balaban J connectivity index is 0.00000338. The van der Waals surface area contributed by atoms with Gasteiger partial charge in [0.25, 0.3) is 0 Å². The molecule has 5 nitrogen and oxygen atoms in total. The third kappa shape index (κ3) is 7.49. The molecule has 0 radical (unpaired) electrons. The van der Waals surface area contributed by atoms with Gasteiger partial charge in [-0.05, 0) is 37.5 Å². The highest BCUT2D eigenvalue weighted by molar-refractivity contribution is 14.0. The second kappa shape index (κ2) is 11.4. The highest BCUT2D eigenvalue weighted by atomic mass is 127. The smallest absolute Gasteiger partial charge is 0.191 e. The zero-order valence-electron chi connectivity index (χ0n) is 16.1. The van der Waals surface area contributed by atoms with Crippen LogP contribution in [0.25, 0.3) is 0 Å². The maximum atomic E-state index is 5.73. The van der Waals surface area contributed by atoms with Crippen LogP contribution in [-0.2, 0) is 13.1 Å². The molecule has 0 aliphatic heterocycles. The van der Waals surface area contributed by atoms with Crippen LogP contribution >= 0.6 is 35.3 Å². The largest absolute Gasteiger partial charge is 0.491 e. The van der Waals surface area contributed by atoms with Crippen LogP contribution in [0, 0.1) is 0 Å². The van der Waals surface area contributed by atoms with E-state index in [4.69, 9.17) is 4.74 Å². The number of benzene rings is 1. The van der Waals surface area contributed by atoms with E-state index in [-0.39, 0.29) is 30.1 Å². The number of ether oxygens (including phenoxy) is 1. The number of halogens is 1. The predicted octanol–water partition coefficient (Wildman–Crippen LogP) is 4.54. The van der Waals surface area contributed by atoms with Crippen LogP contribution in [0.1, 0.15) is 49.9 Å². The summed E-state index contributed by atoms with van der Waals surface area (Å²) in [4.78, 5) is 8.90. The number of aromatic nitrogens is 1. The molecule has 0 saturated heterocycles. The van der Waals surface area contributed by atoms with Crippen LogP contribution in [0.15, 0.2) is 34.6 Å². The van der Waals surface area contributed by atoms with Crippen LogP contribution in [0.4, 0.5) is 0 Å². The van der Waals surface area contributed by atoms with Crippen molar-refractivity contribution >= 4 is 41.3 Å². The van der Waals surface area contributed by atoms with E-state index in [2.05, 4.69) is 52.0 Å². The maximum Gasteiger partial charge on any atom is 0.191 e. The molecule has 0 spiro atoms. The molecule has 0 aliphatic carbocycles. The second-order valence-electron chi connectivity index (χ2n) is 6.41. The number of thiazole rings is 1. The van der Waals surface area contributed by atoms with Crippen LogP contribution in [0.5, 0.6) is 5.75 Å². The van der Waals surface area contributed by atoms with Gasteiger partial charge in [0, 0.05) is 19.0 Å². The minimum absolute atomic E-state index is 0. The van der Waals surface area contributed by atoms with E-state index in [1.807, 2.05) is 26.0 Å². The van der Waals surface area contributed by atoms with Gasteiger partial charge in [-0.25, -0.2) is 4.98 Å². The molecule has 0 bridgehead atoms. The Morgan fingerprint density at radius 1 is 1.19 bits per heavy atom. The second-order valence-corrected chi connectivity index (χ2v) is 7.36. The van der Waals surface area contributed by atoms with Gasteiger partial charge in [-0.15, -0.1) is 35.3 Å². The maximum absolute atomic E-state index is 5.73. The number of nitrogens with one attached hydrogen (secondary N) is 2. The van der Waals surface area contributed by atoms with Crippen LogP contribution in [0.2, 0.25) is 0 Å². The molecular weight excluding hydrogens is 459 g/mol. The fraction of sp³-hybridized carbons (Fsp3) is 0.474. The summed E-state index contributed by atoms with van der Waals surface area (Å²) in [5.41, 5.74) is 2.30. The molecule has 0 saturated carbocycles. The van der Waals surface area contributed by atoms with Gasteiger partial charge in [-0.3, -0.25) is 4.99 Å². The molecule has 2 rings (SSSR count). The van der Waals surface area contributed by atoms with Crippen LogP contribution < -0.4 is 15.4 Å². The SMILES string of the molecule is CN=C(NCc1cccc(OC(C)C)c1)NCc1nc(C(C)C)cs1.I. The van der Waals surface area contributed by atoms with Gasteiger partial charge in [0.2, 0.25) is 0 Å². The van der Waals surface area contributed by atoms with E-state index >= 15 is 0 Å². The van der Waals surface area contributed by atoms with E-state index in [0.717, 1.165) is 28.0 Å². The lowest BCUT2D eigenvalue weighted by Gasteiger charge is -2.13. The van der Waals surface area contributed by atoms with E-state index in [1.165, 1.54) is 0 Å². The first kappa shape index (κ1) is 22.7. The minimum Gasteiger partial charge on any atom is -0.491 e. The van der Waals surface area contributed by atoms with Crippen molar-refractivity contribution in [2.24, 2.45) is 4.99 Å². The van der Waals surface area contributed by atoms with Gasteiger partial charge in [0.1, 0.15) is 10.8 Å². The Hall–Kier alpha value is -1.35. The fourth-order valence-corrected chi connectivity index (χ4v) is 3.13. The third-order valence-electron chi connectivity index (χ3n) is 3.52. The first-order chi connectivity index (χ1) is 12.0. The Bertz CT molecular complexity index is 700. The summed E-state index contributed by atoms with van der Waals surface area (Å²) in [5.74, 6) is 2.11. The molecule has 26 heavy (non-hydrogen) atoms. The van der Waals surface area contributed by atoms with Crippen molar-refractivity contribution in [3.63, 3.8) is 0 Å². The number of rotatable bonds is 7. The quantitative estimate of drug-likeness (QED) is 0.342. The van der Waals surface area contributed by atoms with Gasteiger partial charge in [0.15, 0.2) is 5.96 Å². The molecule has 0 amide bonds. The molecule has 2 aromatic rings. The average Bonchev–Trinajstić information content (AvgIpc) is 3.04. The number of guanidine groups is 1. The van der Waals surface area contributed by atoms with Gasteiger partial charge < -0.3 is 15.4 Å². The van der Waals surface area contributed by atoms with Crippen LogP contribution in [-0.4, -0.2) is 24.1 Å². The first-order valence-corrected chi connectivity index (χ1v) is 9.50. The summed E-state index contributed by atoms with van der Waals surface area (Å²) >= 11 is 1.68. The molecule has 144 valence electrons. The van der Waals surface area contributed by atoms with E-state index in [0.29, 0.717) is 19.0 Å². The molecule has 0 unspecified atom stereocenters. The first-order valence-electron chi connectivity index (χ1n) is 8.62. The van der Waals surface area contributed by atoms with Crippen molar-refractivity contribution in [3.8, 4) is 5.75 Å². The number of aliphatic imine (C=N–C) groups is 1. The summed E-state index contributed by atoms with van der Waals surface area (Å²) in [6.45, 7) is 9.73. The Kier molecular flexibility index (Phi) is 9.93. The van der Waals surface area contributed by atoms with Gasteiger partial charge >= 0.3 is 0 Å². The molecular formula is C19H29IN4OS. The molecule has 0 aliphatic rings. The molecule has 7 heteroatoms. The van der Waals surface area contributed by atoms with Crippen molar-refractivity contribution in [2.75, 3.05) is 7.05 Å². The fourth-order valence-electron chi connectivity index (χ4n) is 2.24. The third-order valence-corrected chi connectivity index (χ3v) is 4.39. The normalized spacial score (nSPS) is 11.4. The van der Waals surface area contributed by atoms with Crippen molar-refractivity contribution in [1.29, 1.82) is 0 Å². The molecule has 0 atom stereocenters. The summed E-state index contributed by atoms with van der Waals surface area (Å²) in [7, 11) is 1.77. The lowest BCUT2D eigenvalue weighted by atomic mass is 10.2. The summed E-state index contributed by atoms with van der Waals surface area (Å²) in [5, 5.41) is 9.83. The van der Waals surface area contributed by atoms with E-state index < -0.39 is 0 Å². The zero-order chi connectivity index (χ0) is 18.2. The molecule has 2 N–H and O–H groups in total. The van der Waals surface area contributed by atoms with Crippen molar-refractivity contribution in [3.05, 3.63) is 45.9 Å². The standard InChI is InChI=1S/C19H28N4OS.HI/c1-13(2)17-12-25-18(23-17)11-22-19(20-5)21-10-15-7-6-8-16(9-15)24-14(3)4;/h6-9,12-14H,10-11H2,1-5H3,(H2,20,21,22);1H. The highest BCUT2D eigenvalue weighted by Crippen LogP contribution is 2.17. The number of nitrogens with zero attached hydrogens (tertiary/aromatic N) is 2. The summed E-state index contributed by atoms with van der Waals surface area (Å²) in [6.07, 6.45) is 0.173. The zero-order valence-corrected chi connectivity index (χ0v) is 19.2. The molecule has 1 aromatic heterocycles.